The molecular weight excluding hydrogens is 372 g/mol. The molecule has 0 radical (unpaired) electrons. The number of carboxylic acids is 1. The van der Waals surface area contributed by atoms with Crippen molar-refractivity contribution in [3.8, 4) is 0 Å². The highest BCUT2D eigenvalue weighted by Crippen LogP contribution is 2.33. The van der Waals surface area contributed by atoms with Gasteiger partial charge in [-0.05, 0) is 40.5 Å². The van der Waals surface area contributed by atoms with Gasteiger partial charge in [0.15, 0.2) is 0 Å². The quantitative estimate of drug-likeness (QED) is 0.293. The number of amides is 3. The van der Waals surface area contributed by atoms with E-state index in [1.54, 1.807) is 20.8 Å². The van der Waals surface area contributed by atoms with E-state index in [-0.39, 0.29) is 19.4 Å². The maximum absolute atomic E-state index is 13.0. The first-order valence-corrected chi connectivity index (χ1v) is 8.85. The lowest BCUT2D eigenvalue weighted by Crippen LogP contribution is -2.64. The van der Waals surface area contributed by atoms with Crippen LogP contribution in [-0.4, -0.2) is 69.4 Å². The first-order chi connectivity index (χ1) is 12.7. The normalized spacial score (nSPS) is 21.5. The van der Waals surface area contributed by atoms with Crippen LogP contribution in [0.3, 0.4) is 0 Å². The van der Waals surface area contributed by atoms with Crippen LogP contribution in [0.1, 0.15) is 47.0 Å². The zero-order valence-corrected chi connectivity index (χ0v) is 16.5. The summed E-state index contributed by atoms with van der Waals surface area (Å²) >= 11 is 0. The molecule has 3 unspecified atom stereocenters. The zero-order chi connectivity index (χ0) is 21.9. The number of hydrogen-bond donors (Lipinski definition) is 4. The highest BCUT2D eigenvalue weighted by atomic mass is 16.6. The molecule has 0 aliphatic carbocycles. The first-order valence-electron chi connectivity index (χ1n) is 8.85. The fourth-order valence-electron chi connectivity index (χ4n) is 2.89. The number of primary amides is 1. The Labute approximate surface area is 162 Å². The Kier molecular flexibility index (Phi) is 7.13. The number of likely N-dealkylation sites (tertiary alicyclic amines) is 1. The molecule has 1 aliphatic rings. The van der Waals surface area contributed by atoms with E-state index in [1.165, 1.54) is 6.92 Å². The topological polar surface area (TPSA) is 182 Å². The summed E-state index contributed by atoms with van der Waals surface area (Å²) in [6.45, 7) is 6.02. The lowest BCUT2D eigenvalue weighted by Gasteiger charge is -2.36. The molecule has 28 heavy (non-hydrogen) atoms. The summed E-state index contributed by atoms with van der Waals surface area (Å²) in [5.41, 5.74) is 7.39. The number of esters is 1. The fraction of sp³-hybridized carbons (Fsp3) is 0.706. The van der Waals surface area contributed by atoms with Gasteiger partial charge in [-0.1, -0.05) is 0 Å². The summed E-state index contributed by atoms with van der Waals surface area (Å²) in [5, 5.41) is 12.1. The molecule has 0 spiro atoms. The molecule has 1 aliphatic heterocycles. The second-order valence-corrected chi connectivity index (χ2v) is 7.78. The van der Waals surface area contributed by atoms with Crippen LogP contribution in [-0.2, 0) is 28.7 Å². The summed E-state index contributed by atoms with van der Waals surface area (Å²) in [6, 6.07) is -2.42. The lowest BCUT2D eigenvalue weighted by molar-refractivity contribution is -0.181. The Hall–Kier alpha value is -2.69. The molecule has 1 saturated heterocycles. The summed E-state index contributed by atoms with van der Waals surface area (Å²) in [4.78, 5) is 61.9. The minimum Gasteiger partial charge on any atom is -0.479 e. The Morgan fingerprint density at radius 2 is 1.82 bits per heavy atom. The predicted octanol–water partition coefficient (Wildman–Crippen LogP) is -1.52. The van der Waals surface area contributed by atoms with E-state index in [2.05, 4.69) is 5.32 Å². The number of carbonyl (C=O) groups is 5. The predicted molar refractivity (Wildman–Crippen MR) is 96.6 cm³/mol. The van der Waals surface area contributed by atoms with E-state index >= 15 is 0 Å². The summed E-state index contributed by atoms with van der Waals surface area (Å²) in [7, 11) is 0. The van der Waals surface area contributed by atoms with Crippen LogP contribution in [0.25, 0.3) is 0 Å². The van der Waals surface area contributed by atoms with E-state index in [0.29, 0.717) is 0 Å². The van der Waals surface area contributed by atoms with Gasteiger partial charge in [0.05, 0.1) is 12.5 Å². The van der Waals surface area contributed by atoms with Crippen molar-refractivity contribution >= 4 is 29.7 Å². The second-order valence-electron chi connectivity index (χ2n) is 7.78. The molecule has 11 heteroatoms. The van der Waals surface area contributed by atoms with Gasteiger partial charge < -0.3 is 31.5 Å². The van der Waals surface area contributed by atoms with Crippen molar-refractivity contribution in [3.05, 3.63) is 0 Å². The highest BCUT2D eigenvalue weighted by molar-refractivity contribution is 6.08. The summed E-state index contributed by atoms with van der Waals surface area (Å²) in [6.07, 6.45) is -0.507. The maximum Gasteiger partial charge on any atom is 0.344 e. The van der Waals surface area contributed by atoms with Crippen LogP contribution >= 0.6 is 0 Å². The Bertz CT molecular complexity index is 671. The van der Waals surface area contributed by atoms with Crippen molar-refractivity contribution in [2.45, 2.75) is 70.2 Å². The number of carboxylic acid groups (broad SMARTS) is 1. The van der Waals surface area contributed by atoms with E-state index in [1.807, 2.05) is 0 Å². The van der Waals surface area contributed by atoms with Crippen molar-refractivity contribution in [2.24, 2.45) is 11.5 Å². The van der Waals surface area contributed by atoms with Gasteiger partial charge in [-0.25, -0.2) is 9.59 Å². The maximum atomic E-state index is 13.0. The number of nitrogens with zero attached hydrogens (tertiary/aromatic N) is 1. The number of aliphatic carboxylic acids is 1. The molecule has 11 nitrogen and oxygen atoms in total. The van der Waals surface area contributed by atoms with Gasteiger partial charge in [-0.3, -0.25) is 14.4 Å². The summed E-state index contributed by atoms with van der Waals surface area (Å²) < 4.78 is 5.23. The largest absolute Gasteiger partial charge is 0.479 e. The molecule has 0 aromatic rings. The molecule has 6 N–H and O–H groups in total. The molecule has 158 valence electrons. The molecule has 3 atom stereocenters. The van der Waals surface area contributed by atoms with Gasteiger partial charge >= 0.3 is 11.9 Å². The van der Waals surface area contributed by atoms with E-state index < -0.39 is 59.3 Å². The van der Waals surface area contributed by atoms with Crippen LogP contribution in [0.5, 0.6) is 0 Å². The lowest BCUT2D eigenvalue weighted by atomic mass is 9.94. The van der Waals surface area contributed by atoms with Crippen LogP contribution in [0, 0.1) is 0 Å². The van der Waals surface area contributed by atoms with Gasteiger partial charge in [-0.15, -0.1) is 0 Å². The van der Waals surface area contributed by atoms with Crippen LogP contribution in [0.2, 0.25) is 0 Å². The fourth-order valence-corrected chi connectivity index (χ4v) is 2.89. The molecule has 0 saturated carbocycles. The monoisotopic (exact) mass is 400 g/mol. The van der Waals surface area contributed by atoms with E-state index in [9.17, 15) is 29.1 Å². The van der Waals surface area contributed by atoms with Crippen LogP contribution in [0.4, 0.5) is 0 Å². The summed E-state index contributed by atoms with van der Waals surface area (Å²) in [5.74, 6) is -5.17. The third-order valence-electron chi connectivity index (χ3n) is 4.17. The number of nitrogens with one attached hydrogen (secondary N) is 1. The Morgan fingerprint density at radius 1 is 1.25 bits per heavy atom. The van der Waals surface area contributed by atoms with Crippen molar-refractivity contribution in [2.75, 3.05) is 6.54 Å². The van der Waals surface area contributed by atoms with Crippen LogP contribution in [0.15, 0.2) is 0 Å². The standard InChI is InChI=1S/C17H28N4O7/c1-9(18)12(23)20-10(8-11(19)22)13(24)21-7-5-6-17(21,14(25)26)15(27)28-16(2,3)4/h9-10H,5-8,18H2,1-4H3,(H2,19,22)(H,20,23)(H,25,26). The molecule has 3 amide bonds. The molecule has 1 fully saturated rings. The number of ether oxygens (including phenoxy) is 1. The van der Waals surface area contributed by atoms with E-state index in [0.717, 1.165) is 4.90 Å². The van der Waals surface area contributed by atoms with Crippen molar-refractivity contribution in [1.82, 2.24) is 10.2 Å². The number of carbonyl (C=O) groups excluding carboxylic acids is 4. The average molecular weight is 400 g/mol. The molecule has 1 rings (SSSR count). The third-order valence-corrected chi connectivity index (χ3v) is 4.17. The second kappa shape index (κ2) is 8.55. The zero-order valence-electron chi connectivity index (χ0n) is 16.5. The molecule has 0 aromatic carbocycles. The van der Waals surface area contributed by atoms with Gasteiger partial charge in [0, 0.05) is 6.54 Å². The molecule has 0 aromatic heterocycles. The van der Waals surface area contributed by atoms with Gasteiger partial charge in [0.25, 0.3) is 0 Å². The Morgan fingerprint density at radius 3 is 2.25 bits per heavy atom. The highest BCUT2D eigenvalue weighted by Gasteiger charge is 2.59. The van der Waals surface area contributed by atoms with Crippen molar-refractivity contribution < 1.29 is 33.8 Å². The van der Waals surface area contributed by atoms with Gasteiger partial charge in [-0.2, -0.15) is 0 Å². The van der Waals surface area contributed by atoms with Crippen LogP contribution < -0.4 is 16.8 Å². The number of nitrogens with two attached hydrogens (primary N) is 2. The number of rotatable bonds is 7. The van der Waals surface area contributed by atoms with E-state index in [4.69, 9.17) is 16.2 Å². The minimum atomic E-state index is -2.25. The smallest absolute Gasteiger partial charge is 0.344 e. The molecular formula is C17H28N4O7. The average Bonchev–Trinajstić information content (AvgIpc) is 2.97. The third kappa shape index (κ3) is 5.18. The SMILES string of the molecule is CC(N)C(=O)NC(CC(N)=O)C(=O)N1CCCC1(C(=O)O)C(=O)OC(C)(C)C. The van der Waals surface area contributed by atoms with Crippen molar-refractivity contribution in [3.63, 3.8) is 0 Å². The molecule has 0 bridgehead atoms. The number of hydrogen-bond acceptors (Lipinski definition) is 7. The Balaban J connectivity index is 3.27. The minimum absolute atomic E-state index is 0.0618. The van der Waals surface area contributed by atoms with Gasteiger partial charge in [0.2, 0.25) is 23.3 Å². The van der Waals surface area contributed by atoms with Gasteiger partial charge in [0.1, 0.15) is 11.6 Å². The van der Waals surface area contributed by atoms with Crippen molar-refractivity contribution in [1.29, 1.82) is 0 Å². The molecule has 1 heterocycles. The first kappa shape index (κ1) is 23.3.